The van der Waals surface area contributed by atoms with Gasteiger partial charge in [-0.1, -0.05) is 29.8 Å². The molecule has 0 amide bonds. The lowest BCUT2D eigenvalue weighted by Gasteiger charge is -2.04. The van der Waals surface area contributed by atoms with Crippen molar-refractivity contribution in [1.82, 2.24) is 4.98 Å². The van der Waals surface area contributed by atoms with Gasteiger partial charge in [0.05, 0.1) is 31.8 Å². The molecule has 2 aromatic rings. The van der Waals surface area contributed by atoms with E-state index in [2.05, 4.69) is 15.8 Å². The van der Waals surface area contributed by atoms with Crippen molar-refractivity contribution in [2.75, 3.05) is 31.8 Å². The lowest BCUT2D eigenvalue weighted by molar-refractivity contribution is -0.137. The van der Waals surface area contributed by atoms with E-state index in [9.17, 15) is 4.79 Å². The van der Waals surface area contributed by atoms with Gasteiger partial charge in [0.15, 0.2) is 0 Å². The average molecular weight is 375 g/mol. The number of hydrogen-bond donors (Lipinski definition) is 0. The highest BCUT2D eigenvalue weighted by Gasteiger charge is 2.10. The maximum absolute atomic E-state index is 11.0. The zero-order chi connectivity index (χ0) is 18.8. The lowest BCUT2D eigenvalue weighted by Crippen LogP contribution is -2.04. The first-order chi connectivity index (χ1) is 12.6. The van der Waals surface area contributed by atoms with E-state index in [-0.39, 0.29) is 5.97 Å². The van der Waals surface area contributed by atoms with Gasteiger partial charge in [-0.2, -0.15) is 0 Å². The summed E-state index contributed by atoms with van der Waals surface area (Å²) in [5.41, 5.74) is 3.05. The zero-order valence-corrected chi connectivity index (χ0v) is 16.3. The minimum Gasteiger partial charge on any atom is -0.468 e. The Bertz CT molecular complexity index is 725. The van der Waals surface area contributed by atoms with Crippen molar-refractivity contribution in [2.45, 2.75) is 20.3 Å². The first kappa shape index (κ1) is 20.3. The Labute approximate surface area is 158 Å². The number of ether oxygens (including phenoxy) is 2. The van der Waals surface area contributed by atoms with E-state index in [0.29, 0.717) is 31.3 Å². The fraction of sp³-hybridized carbons (Fsp3) is 0.400. The smallest absolute Gasteiger partial charge is 0.315 e. The minimum absolute atomic E-state index is 0.199. The molecule has 5 nitrogen and oxygen atoms in total. The summed E-state index contributed by atoms with van der Waals surface area (Å²) in [5, 5.41) is 0. The second-order valence-electron chi connectivity index (χ2n) is 5.83. The van der Waals surface area contributed by atoms with Gasteiger partial charge in [-0.15, -0.1) is 11.8 Å². The summed E-state index contributed by atoms with van der Waals surface area (Å²) in [6, 6.07) is 9.88. The third kappa shape index (κ3) is 6.69. The van der Waals surface area contributed by atoms with Crippen LogP contribution >= 0.6 is 11.8 Å². The highest BCUT2D eigenvalue weighted by atomic mass is 32.2. The van der Waals surface area contributed by atoms with Crippen molar-refractivity contribution >= 4 is 17.7 Å². The van der Waals surface area contributed by atoms with E-state index in [1.807, 2.05) is 44.2 Å². The SMILES string of the molecule is COC(=O)CSCC=C(C)COCCc1nc(-c2ccccc2)oc1C. The molecular formula is C20H25NO4S. The Balaban J connectivity index is 1.71. The third-order valence-corrected chi connectivity index (χ3v) is 4.57. The summed E-state index contributed by atoms with van der Waals surface area (Å²) >= 11 is 1.52. The van der Waals surface area contributed by atoms with Gasteiger partial charge < -0.3 is 13.9 Å². The van der Waals surface area contributed by atoms with Crippen LogP contribution in [0.15, 0.2) is 46.4 Å². The van der Waals surface area contributed by atoms with Crippen molar-refractivity contribution < 1.29 is 18.7 Å². The van der Waals surface area contributed by atoms with Crippen molar-refractivity contribution in [3.63, 3.8) is 0 Å². The topological polar surface area (TPSA) is 61.6 Å². The number of esters is 1. The van der Waals surface area contributed by atoms with Gasteiger partial charge in [-0.3, -0.25) is 4.79 Å². The Morgan fingerprint density at radius 1 is 1.31 bits per heavy atom. The van der Waals surface area contributed by atoms with E-state index < -0.39 is 0 Å². The Morgan fingerprint density at radius 2 is 2.08 bits per heavy atom. The molecule has 0 N–H and O–H groups in total. The van der Waals surface area contributed by atoms with Crippen LogP contribution in [0.5, 0.6) is 0 Å². The van der Waals surface area contributed by atoms with Gasteiger partial charge in [0.2, 0.25) is 5.89 Å². The number of oxazole rings is 1. The van der Waals surface area contributed by atoms with Crippen LogP contribution in [0.2, 0.25) is 0 Å². The van der Waals surface area contributed by atoms with Crippen LogP contribution in [0.25, 0.3) is 11.5 Å². The molecule has 0 fully saturated rings. The molecule has 0 radical (unpaired) electrons. The molecule has 0 aliphatic heterocycles. The maximum Gasteiger partial charge on any atom is 0.315 e. The van der Waals surface area contributed by atoms with Crippen LogP contribution in [-0.4, -0.2) is 42.8 Å². The van der Waals surface area contributed by atoms with Crippen LogP contribution in [-0.2, 0) is 20.7 Å². The predicted molar refractivity (Wildman–Crippen MR) is 104 cm³/mol. The molecule has 140 valence electrons. The summed E-state index contributed by atoms with van der Waals surface area (Å²) in [4.78, 5) is 15.6. The molecule has 26 heavy (non-hydrogen) atoms. The van der Waals surface area contributed by atoms with Crippen LogP contribution in [0.3, 0.4) is 0 Å². The molecule has 0 saturated carbocycles. The number of carbonyl (C=O) groups is 1. The molecule has 0 unspecified atom stereocenters. The molecule has 6 heteroatoms. The van der Waals surface area contributed by atoms with Gasteiger partial charge >= 0.3 is 5.97 Å². The van der Waals surface area contributed by atoms with Crippen LogP contribution in [0, 0.1) is 6.92 Å². The molecular weight excluding hydrogens is 350 g/mol. The minimum atomic E-state index is -0.199. The molecule has 0 bridgehead atoms. The van der Waals surface area contributed by atoms with Crippen LogP contribution < -0.4 is 0 Å². The number of hydrogen-bond acceptors (Lipinski definition) is 6. The summed E-state index contributed by atoms with van der Waals surface area (Å²) in [6.07, 6.45) is 2.79. The third-order valence-electron chi connectivity index (χ3n) is 3.72. The molecule has 0 spiro atoms. The number of rotatable bonds is 10. The molecule has 1 aromatic carbocycles. The number of aryl methyl sites for hydroxylation is 1. The van der Waals surface area contributed by atoms with E-state index in [0.717, 1.165) is 28.3 Å². The van der Waals surface area contributed by atoms with Gasteiger partial charge in [0.1, 0.15) is 5.76 Å². The number of carbonyl (C=O) groups excluding carboxylic acids is 1. The Hall–Kier alpha value is -2.05. The van der Waals surface area contributed by atoms with Crippen LogP contribution in [0.4, 0.5) is 0 Å². The van der Waals surface area contributed by atoms with Crippen molar-refractivity contribution in [2.24, 2.45) is 0 Å². The first-order valence-electron chi connectivity index (χ1n) is 8.49. The zero-order valence-electron chi connectivity index (χ0n) is 15.5. The second kappa shape index (κ2) is 10.8. The maximum atomic E-state index is 11.0. The molecule has 2 rings (SSSR count). The van der Waals surface area contributed by atoms with E-state index >= 15 is 0 Å². The second-order valence-corrected chi connectivity index (χ2v) is 6.86. The highest BCUT2D eigenvalue weighted by Crippen LogP contribution is 2.21. The molecule has 0 atom stereocenters. The molecule has 0 saturated heterocycles. The largest absolute Gasteiger partial charge is 0.468 e. The summed E-state index contributed by atoms with van der Waals surface area (Å²) < 4.78 is 16.1. The molecule has 0 aliphatic rings. The van der Waals surface area contributed by atoms with Crippen molar-refractivity contribution in [3.05, 3.63) is 53.4 Å². The Kier molecular flexibility index (Phi) is 8.44. The lowest BCUT2D eigenvalue weighted by atomic mass is 10.2. The first-order valence-corrected chi connectivity index (χ1v) is 9.65. The van der Waals surface area contributed by atoms with Gasteiger partial charge in [-0.05, 0) is 26.0 Å². The van der Waals surface area contributed by atoms with Gasteiger partial charge in [0, 0.05) is 17.7 Å². The number of nitrogens with zero attached hydrogens (tertiary/aromatic N) is 1. The number of thioether (sulfide) groups is 1. The summed E-state index contributed by atoms with van der Waals surface area (Å²) in [7, 11) is 1.40. The fourth-order valence-electron chi connectivity index (χ4n) is 2.23. The van der Waals surface area contributed by atoms with Crippen molar-refractivity contribution in [1.29, 1.82) is 0 Å². The number of benzene rings is 1. The number of aromatic nitrogens is 1. The van der Waals surface area contributed by atoms with Gasteiger partial charge in [0.25, 0.3) is 0 Å². The quantitative estimate of drug-likeness (QED) is 0.354. The van der Waals surface area contributed by atoms with E-state index in [1.54, 1.807) is 0 Å². The summed E-state index contributed by atoms with van der Waals surface area (Å²) in [5.74, 6) is 2.43. The normalized spacial score (nSPS) is 11.6. The predicted octanol–water partition coefficient (Wildman–Crippen LogP) is 4.06. The monoisotopic (exact) mass is 375 g/mol. The fourth-order valence-corrected chi connectivity index (χ4v) is 3.03. The average Bonchev–Trinajstić information content (AvgIpc) is 3.03. The highest BCUT2D eigenvalue weighted by molar-refractivity contribution is 8.00. The molecule has 1 aromatic heterocycles. The van der Waals surface area contributed by atoms with E-state index in [4.69, 9.17) is 9.15 Å². The van der Waals surface area contributed by atoms with Crippen LogP contribution in [0.1, 0.15) is 18.4 Å². The number of methoxy groups -OCH3 is 1. The van der Waals surface area contributed by atoms with Gasteiger partial charge in [-0.25, -0.2) is 4.98 Å². The standard InChI is InChI=1S/C20H25NO4S/c1-15(10-12-26-14-19(22)23-3)13-24-11-9-18-16(2)25-20(21-18)17-7-5-4-6-8-17/h4-8,10H,9,11-14H2,1-3H3. The van der Waals surface area contributed by atoms with E-state index in [1.165, 1.54) is 18.9 Å². The Morgan fingerprint density at radius 3 is 2.81 bits per heavy atom. The molecule has 0 aliphatic carbocycles. The van der Waals surface area contributed by atoms with Crippen molar-refractivity contribution in [3.8, 4) is 11.5 Å². The summed E-state index contributed by atoms with van der Waals surface area (Å²) in [6.45, 7) is 5.11. The molecule has 1 heterocycles.